The minimum Gasteiger partial charge on any atom is -0.368 e. The summed E-state index contributed by atoms with van der Waals surface area (Å²) in [5.74, 6) is 0.204. The van der Waals surface area contributed by atoms with Gasteiger partial charge < -0.3 is 5.73 Å². The third kappa shape index (κ3) is 2.68. The standard InChI is InChI=1S/C19H13ClN4/c20-18-14(10-13-8-4-5-9-15(13)22-18)17-11-16(23-19(21)24-17)12-6-2-1-3-7-12/h1-11H,(H2,21,23,24). The van der Waals surface area contributed by atoms with Crippen molar-refractivity contribution in [3.8, 4) is 22.5 Å². The molecule has 0 unspecified atom stereocenters. The summed E-state index contributed by atoms with van der Waals surface area (Å²) >= 11 is 6.38. The summed E-state index contributed by atoms with van der Waals surface area (Å²) in [6, 6.07) is 21.5. The van der Waals surface area contributed by atoms with Crippen molar-refractivity contribution in [3.05, 3.63) is 71.9 Å². The van der Waals surface area contributed by atoms with E-state index in [1.165, 1.54) is 0 Å². The molecule has 4 aromatic rings. The van der Waals surface area contributed by atoms with E-state index in [0.717, 1.165) is 27.7 Å². The zero-order valence-electron chi connectivity index (χ0n) is 12.6. The van der Waals surface area contributed by atoms with E-state index in [0.29, 0.717) is 10.8 Å². The van der Waals surface area contributed by atoms with E-state index >= 15 is 0 Å². The van der Waals surface area contributed by atoms with E-state index in [2.05, 4.69) is 15.0 Å². The summed E-state index contributed by atoms with van der Waals surface area (Å²) < 4.78 is 0. The molecular formula is C19H13ClN4. The Morgan fingerprint density at radius 2 is 1.46 bits per heavy atom. The molecule has 0 spiro atoms. The third-order valence-corrected chi connectivity index (χ3v) is 4.05. The molecule has 0 aliphatic heterocycles. The number of para-hydroxylation sites is 1. The average molecular weight is 333 g/mol. The van der Waals surface area contributed by atoms with Crippen molar-refractivity contribution in [3.63, 3.8) is 0 Å². The van der Waals surface area contributed by atoms with E-state index in [1.807, 2.05) is 66.7 Å². The molecule has 0 amide bonds. The van der Waals surface area contributed by atoms with Crippen molar-refractivity contribution in [1.82, 2.24) is 15.0 Å². The maximum atomic E-state index is 6.38. The fourth-order valence-corrected chi connectivity index (χ4v) is 2.88. The Morgan fingerprint density at radius 3 is 2.29 bits per heavy atom. The van der Waals surface area contributed by atoms with E-state index < -0.39 is 0 Å². The molecule has 0 radical (unpaired) electrons. The molecule has 4 nitrogen and oxygen atoms in total. The van der Waals surface area contributed by atoms with Gasteiger partial charge in [-0.2, -0.15) is 0 Å². The quantitative estimate of drug-likeness (QED) is 0.545. The van der Waals surface area contributed by atoms with Gasteiger partial charge in [0.2, 0.25) is 5.95 Å². The van der Waals surface area contributed by atoms with Gasteiger partial charge in [0.15, 0.2) is 0 Å². The molecule has 116 valence electrons. The summed E-state index contributed by atoms with van der Waals surface area (Å²) in [7, 11) is 0. The number of hydrogen-bond donors (Lipinski definition) is 1. The van der Waals surface area contributed by atoms with Crippen molar-refractivity contribution in [1.29, 1.82) is 0 Å². The Labute approximate surface area is 144 Å². The lowest BCUT2D eigenvalue weighted by Gasteiger charge is -2.09. The largest absolute Gasteiger partial charge is 0.368 e. The van der Waals surface area contributed by atoms with Crippen LogP contribution in [0.2, 0.25) is 5.15 Å². The first-order valence-electron chi connectivity index (χ1n) is 7.46. The van der Waals surface area contributed by atoms with Crippen LogP contribution in [0.25, 0.3) is 33.4 Å². The zero-order chi connectivity index (χ0) is 16.5. The first-order chi connectivity index (χ1) is 11.7. The van der Waals surface area contributed by atoms with Crippen LogP contribution >= 0.6 is 11.6 Å². The van der Waals surface area contributed by atoms with Crippen molar-refractivity contribution < 1.29 is 0 Å². The highest BCUT2D eigenvalue weighted by molar-refractivity contribution is 6.32. The van der Waals surface area contributed by atoms with Crippen LogP contribution in [0.5, 0.6) is 0 Å². The van der Waals surface area contributed by atoms with E-state index in [4.69, 9.17) is 17.3 Å². The lowest BCUT2D eigenvalue weighted by atomic mass is 10.1. The van der Waals surface area contributed by atoms with Gasteiger partial charge in [-0.25, -0.2) is 15.0 Å². The Balaban J connectivity index is 1.91. The molecule has 2 N–H and O–H groups in total. The molecule has 4 rings (SSSR count). The summed E-state index contributed by atoms with van der Waals surface area (Å²) in [5, 5.41) is 1.39. The van der Waals surface area contributed by atoms with Crippen molar-refractivity contribution in [2.75, 3.05) is 5.73 Å². The van der Waals surface area contributed by atoms with Crippen LogP contribution in [0.1, 0.15) is 0 Å². The van der Waals surface area contributed by atoms with Crippen LogP contribution in [0.15, 0.2) is 66.7 Å². The maximum absolute atomic E-state index is 6.38. The van der Waals surface area contributed by atoms with Crippen LogP contribution < -0.4 is 5.73 Å². The second-order valence-electron chi connectivity index (χ2n) is 5.38. The number of anilines is 1. The topological polar surface area (TPSA) is 64.7 Å². The van der Waals surface area contributed by atoms with Crippen molar-refractivity contribution >= 4 is 28.5 Å². The van der Waals surface area contributed by atoms with E-state index in [1.54, 1.807) is 0 Å². The number of nitrogens with two attached hydrogens (primary N) is 1. The Morgan fingerprint density at radius 1 is 0.750 bits per heavy atom. The van der Waals surface area contributed by atoms with Crippen LogP contribution in [-0.2, 0) is 0 Å². The van der Waals surface area contributed by atoms with E-state index in [9.17, 15) is 0 Å². The van der Waals surface area contributed by atoms with Crippen molar-refractivity contribution in [2.24, 2.45) is 0 Å². The molecule has 0 bridgehead atoms. The number of benzene rings is 2. The first-order valence-corrected chi connectivity index (χ1v) is 7.84. The lowest BCUT2D eigenvalue weighted by Crippen LogP contribution is -1.99. The Bertz CT molecular complexity index is 1030. The highest BCUT2D eigenvalue weighted by Gasteiger charge is 2.12. The summed E-state index contributed by atoms with van der Waals surface area (Å²) in [6.07, 6.45) is 0. The van der Waals surface area contributed by atoms with Crippen LogP contribution in [0.3, 0.4) is 0 Å². The number of nitrogen functional groups attached to an aromatic ring is 1. The van der Waals surface area contributed by atoms with Gasteiger partial charge in [-0.05, 0) is 18.2 Å². The minimum absolute atomic E-state index is 0.204. The molecule has 0 aliphatic rings. The number of rotatable bonds is 2. The summed E-state index contributed by atoms with van der Waals surface area (Å²) in [4.78, 5) is 13.1. The number of halogens is 1. The van der Waals surface area contributed by atoms with Gasteiger partial charge in [0.05, 0.1) is 16.9 Å². The second-order valence-corrected chi connectivity index (χ2v) is 5.74. The van der Waals surface area contributed by atoms with Gasteiger partial charge in [-0.15, -0.1) is 0 Å². The third-order valence-electron chi connectivity index (χ3n) is 3.77. The second kappa shape index (κ2) is 5.91. The first kappa shape index (κ1) is 14.6. The molecule has 0 saturated carbocycles. The molecule has 2 heterocycles. The number of aromatic nitrogens is 3. The fraction of sp³-hybridized carbons (Fsp3) is 0. The molecule has 5 heteroatoms. The predicted octanol–water partition coefficient (Wildman–Crippen LogP) is 4.59. The molecular weight excluding hydrogens is 320 g/mol. The van der Waals surface area contributed by atoms with Crippen LogP contribution in [0.4, 0.5) is 5.95 Å². The van der Waals surface area contributed by atoms with Crippen LogP contribution in [-0.4, -0.2) is 15.0 Å². The lowest BCUT2D eigenvalue weighted by molar-refractivity contribution is 1.19. The summed E-state index contributed by atoms with van der Waals surface area (Å²) in [6.45, 7) is 0. The number of fused-ring (bicyclic) bond motifs is 1. The SMILES string of the molecule is Nc1nc(-c2ccccc2)cc(-c2cc3ccccc3nc2Cl)n1. The number of hydrogen-bond acceptors (Lipinski definition) is 4. The molecule has 0 aliphatic carbocycles. The molecule has 2 aromatic carbocycles. The average Bonchev–Trinajstić information content (AvgIpc) is 2.61. The number of pyridine rings is 1. The smallest absolute Gasteiger partial charge is 0.221 e. The summed E-state index contributed by atoms with van der Waals surface area (Å²) in [5.41, 5.74) is 9.87. The van der Waals surface area contributed by atoms with Gasteiger partial charge >= 0.3 is 0 Å². The predicted molar refractivity (Wildman–Crippen MR) is 97.6 cm³/mol. The van der Waals surface area contributed by atoms with Crippen molar-refractivity contribution in [2.45, 2.75) is 0 Å². The van der Waals surface area contributed by atoms with Gasteiger partial charge in [0, 0.05) is 16.5 Å². The molecule has 2 aromatic heterocycles. The molecule has 0 atom stereocenters. The highest BCUT2D eigenvalue weighted by atomic mass is 35.5. The van der Waals surface area contributed by atoms with Gasteiger partial charge in [-0.1, -0.05) is 60.1 Å². The normalized spacial score (nSPS) is 10.9. The maximum Gasteiger partial charge on any atom is 0.221 e. The minimum atomic E-state index is 0.204. The van der Waals surface area contributed by atoms with Gasteiger partial charge in [-0.3, -0.25) is 0 Å². The zero-order valence-corrected chi connectivity index (χ0v) is 13.4. The molecule has 0 saturated heterocycles. The monoisotopic (exact) mass is 332 g/mol. The molecule has 24 heavy (non-hydrogen) atoms. The van der Waals surface area contributed by atoms with E-state index in [-0.39, 0.29) is 5.95 Å². The van der Waals surface area contributed by atoms with Crippen LogP contribution in [0, 0.1) is 0 Å². The Hall–Kier alpha value is -2.98. The Kier molecular flexibility index (Phi) is 3.59. The van der Waals surface area contributed by atoms with Gasteiger partial charge in [0.25, 0.3) is 0 Å². The molecule has 0 fully saturated rings. The number of nitrogens with zero attached hydrogens (tertiary/aromatic N) is 3. The van der Waals surface area contributed by atoms with Gasteiger partial charge in [0.1, 0.15) is 5.15 Å². The fourth-order valence-electron chi connectivity index (χ4n) is 2.63. The highest BCUT2D eigenvalue weighted by Crippen LogP contribution is 2.31.